The molecule has 4 amide bonds. The number of carbonyl (C=O) groups excluding carboxylic acids is 4. The molecule has 1 N–H and O–H groups in total. The molecule has 29 heavy (non-hydrogen) atoms. The first-order chi connectivity index (χ1) is 13.9. The molecule has 1 aliphatic carbocycles. The van der Waals surface area contributed by atoms with Gasteiger partial charge < -0.3 is 24.4 Å². The number of hydrogen-bond acceptors (Lipinski definition) is 7. The molecule has 1 spiro atoms. The summed E-state index contributed by atoms with van der Waals surface area (Å²) in [6, 6.07) is -0.589. The minimum absolute atomic E-state index is 0.00502. The van der Waals surface area contributed by atoms with Gasteiger partial charge in [-0.05, 0) is 18.8 Å². The van der Waals surface area contributed by atoms with Crippen molar-refractivity contribution in [2.75, 3.05) is 53.7 Å². The summed E-state index contributed by atoms with van der Waals surface area (Å²) in [4.78, 5) is 52.0. The first-order valence-electron chi connectivity index (χ1n) is 9.91. The van der Waals surface area contributed by atoms with Gasteiger partial charge in [-0.3, -0.25) is 19.3 Å². The summed E-state index contributed by atoms with van der Waals surface area (Å²) < 4.78 is 15.0. The van der Waals surface area contributed by atoms with Crippen LogP contribution in [-0.2, 0) is 28.6 Å². The Balaban J connectivity index is 1.88. The second kappa shape index (κ2) is 10.5. The molecule has 1 aliphatic heterocycles. The van der Waals surface area contributed by atoms with Gasteiger partial charge in [-0.1, -0.05) is 19.8 Å². The zero-order valence-corrected chi connectivity index (χ0v) is 17.4. The quantitative estimate of drug-likeness (QED) is 0.400. The van der Waals surface area contributed by atoms with Crippen molar-refractivity contribution >= 4 is 23.8 Å². The molecule has 2 fully saturated rings. The van der Waals surface area contributed by atoms with E-state index < -0.39 is 36.6 Å². The largest absolute Gasteiger partial charge is 0.454 e. The molecule has 10 nitrogen and oxygen atoms in total. The lowest BCUT2D eigenvalue weighted by atomic mass is 9.73. The third-order valence-corrected chi connectivity index (χ3v) is 5.63. The van der Waals surface area contributed by atoms with Crippen LogP contribution in [0.2, 0.25) is 0 Å². The van der Waals surface area contributed by atoms with Gasteiger partial charge in [-0.15, -0.1) is 0 Å². The third kappa shape index (κ3) is 5.45. The standard InChI is InChI=1S/C19H31N3O7/c1-14-6-4-5-7-19(14)17(25)22(18(26)20-19)12-16(24)29-13-15(23)21(8-10-27-2)9-11-28-3/h14H,4-13H2,1-3H3,(H,20,26)/t14-,19-/m0/s1. The number of ether oxygens (including phenoxy) is 3. The van der Waals surface area contributed by atoms with Crippen LogP contribution in [0.4, 0.5) is 4.79 Å². The summed E-state index contributed by atoms with van der Waals surface area (Å²) in [5, 5.41) is 2.78. The van der Waals surface area contributed by atoms with Gasteiger partial charge in [0, 0.05) is 27.3 Å². The maximum absolute atomic E-state index is 12.9. The topological polar surface area (TPSA) is 114 Å². The van der Waals surface area contributed by atoms with E-state index in [9.17, 15) is 19.2 Å². The molecule has 0 bridgehead atoms. The lowest BCUT2D eigenvalue weighted by molar-refractivity contribution is -0.154. The Bertz CT molecular complexity index is 619. The SMILES string of the molecule is COCCN(CCOC)C(=O)COC(=O)CN1C(=O)N[C@]2(CCCC[C@@H]2C)C1=O. The Morgan fingerprint density at radius 2 is 1.83 bits per heavy atom. The fourth-order valence-electron chi connectivity index (χ4n) is 3.81. The maximum Gasteiger partial charge on any atom is 0.326 e. The second-order valence-corrected chi connectivity index (χ2v) is 7.47. The van der Waals surface area contributed by atoms with Crippen molar-refractivity contribution in [2.45, 2.75) is 38.1 Å². The Kier molecular flexibility index (Phi) is 8.39. The summed E-state index contributed by atoms with van der Waals surface area (Å²) in [5.41, 5.74) is -0.928. The van der Waals surface area contributed by atoms with Crippen molar-refractivity contribution in [2.24, 2.45) is 5.92 Å². The molecule has 1 saturated carbocycles. The van der Waals surface area contributed by atoms with Crippen molar-refractivity contribution in [1.82, 2.24) is 15.1 Å². The van der Waals surface area contributed by atoms with Gasteiger partial charge in [-0.2, -0.15) is 0 Å². The predicted octanol–water partition coefficient (Wildman–Crippen LogP) is 0.152. The molecule has 0 radical (unpaired) electrons. The average molecular weight is 413 g/mol. The van der Waals surface area contributed by atoms with E-state index in [-0.39, 0.29) is 11.8 Å². The van der Waals surface area contributed by atoms with E-state index in [4.69, 9.17) is 14.2 Å². The van der Waals surface area contributed by atoms with Crippen LogP contribution in [0.15, 0.2) is 0 Å². The van der Waals surface area contributed by atoms with Gasteiger partial charge in [0.05, 0.1) is 13.2 Å². The number of imide groups is 1. The lowest BCUT2D eigenvalue weighted by Gasteiger charge is -2.36. The molecule has 0 unspecified atom stereocenters. The van der Waals surface area contributed by atoms with Gasteiger partial charge in [0.2, 0.25) is 0 Å². The van der Waals surface area contributed by atoms with Crippen molar-refractivity contribution < 1.29 is 33.4 Å². The molecular weight excluding hydrogens is 382 g/mol. The summed E-state index contributed by atoms with van der Waals surface area (Å²) in [7, 11) is 3.05. The van der Waals surface area contributed by atoms with Gasteiger partial charge >= 0.3 is 12.0 Å². The van der Waals surface area contributed by atoms with Crippen LogP contribution >= 0.6 is 0 Å². The Morgan fingerprint density at radius 1 is 1.17 bits per heavy atom. The van der Waals surface area contributed by atoms with E-state index in [1.165, 1.54) is 19.1 Å². The van der Waals surface area contributed by atoms with Gasteiger partial charge in [0.1, 0.15) is 12.1 Å². The molecule has 1 saturated heterocycles. The molecule has 0 aromatic heterocycles. The molecular formula is C19H31N3O7. The van der Waals surface area contributed by atoms with Gasteiger partial charge in [-0.25, -0.2) is 4.79 Å². The van der Waals surface area contributed by atoms with Crippen LogP contribution in [0, 0.1) is 5.92 Å². The predicted molar refractivity (Wildman–Crippen MR) is 102 cm³/mol. The number of carbonyl (C=O) groups is 4. The molecule has 2 rings (SSSR count). The minimum atomic E-state index is -0.928. The molecule has 2 atom stereocenters. The average Bonchev–Trinajstić information content (AvgIpc) is 2.93. The monoisotopic (exact) mass is 413 g/mol. The number of methoxy groups -OCH3 is 2. The molecule has 1 heterocycles. The van der Waals surface area contributed by atoms with E-state index >= 15 is 0 Å². The van der Waals surface area contributed by atoms with Crippen molar-refractivity contribution in [3.63, 3.8) is 0 Å². The fourth-order valence-corrected chi connectivity index (χ4v) is 3.81. The van der Waals surface area contributed by atoms with Crippen molar-refractivity contribution in [3.8, 4) is 0 Å². The number of rotatable bonds is 10. The summed E-state index contributed by atoms with van der Waals surface area (Å²) in [6.45, 7) is 2.30. The molecule has 2 aliphatic rings. The maximum atomic E-state index is 12.9. The molecule has 0 aromatic rings. The number of esters is 1. The minimum Gasteiger partial charge on any atom is -0.454 e. The zero-order chi connectivity index (χ0) is 21.4. The Labute approximate surface area is 170 Å². The summed E-state index contributed by atoms with van der Waals surface area (Å²) in [5.74, 6) is -1.59. The molecule has 10 heteroatoms. The van der Waals surface area contributed by atoms with Crippen LogP contribution in [0.1, 0.15) is 32.6 Å². The molecule has 0 aromatic carbocycles. The highest BCUT2D eigenvalue weighted by Crippen LogP contribution is 2.38. The van der Waals surface area contributed by atoms with Crippen LogP contribution in [0.25, 0.3) is 0 Å². The van der Waals surface area contributed by atoms with E-state index in [0.717, 1.165) is 24.2 Å². The van der Waals surface area contributed by atoms with Crippen LogP contribution in [0.3, 0.4) is 0 Å². The highest BCUT2D eigenvalue weighted by atomic mass is 16.5. The highest BCUT2D eigenvalue weighted by Gasteiger charge is 2.55. The number of nitrogens with one attached hydrogen (secondary N) is 1. The smallest absolute Gasteiger partial charge is 0.326 e. The first kappa shape index (κ1) is 23.1. The Hall–Kier alpha value is -2.20. The van der Waals surface area contributed by atoms with Crippen molar-refractivity contribution in [1.29, 1.82) is 0 Å². The second-order valence-electron chi connectivity index (χ2n) is 7.47. The first-order valence-corrected chi connectivity index (χ1v) is 9.91. The van der Waals surface area contributed by atoms with E-state index in [0.29, 0.717) is 32.7 Å². The van der Waals surface area contributed by atoms with Crippen LogP contribution < -0.4 is 5.32 Å². The van der Waals surface area contributed by atoms with Gasteiger partial charge in [0.15, 0.2) is 6.61 Å². The van der Waals surface area contributed by atoms with Crippen LogP contribution in [0.5, 0.6) is 0 Å². The Morgan fingerprint density at radius 3 is 2.41 bits per heavy atom. The highest BCUT2D eigenvalue weighted by molar-refractivity contribution is 6.09. The number of amides is 4. The van der Waals surface area contributed by atoms with E-state index in [2.05, 4.69) is 5.32 Å². The summed E-state index contributed by atoms with van der Waals surface area (Å²) in [6.07, 6.45) is 3.27. The van der Waals surface area contributed by atoms with E-state index in [1.807, 2.05) is 6.92 Å². The van der Waals surface area contributed by atoms with Crippen LogP contribution in [-0.4, -0.2) is 92.8 Å². The number of hydrogen-bond donors (Lipinski definition) is 1. The summed E-state index contributed by atoms with van der Waals surface area (Å²) >= 11 is 0. The normalized spacial score (nSPS) is 24.0. The van der Waals surface area contributed by atoms with Gasteiger partial charge in [0.25, 0.3) is 11.8 Å². The fraction of sp³-hybridized carbons (Fsp3) is 0.789. The third-order valence-electron chi connectivity index (χ3n) is 5.63. The number of nitrogens with zero attached hydrogens (tertiary/aromatic N) is 2. The molecule has 164 valence electrons. The number of urea groups is 1. The van der Waals surface area contributed by atoms with E-state index in [1.54, 1.807) is 0 Å². The zero-order valence-electron chi connectivity index (χ0n) is 17.4. The lowest BCUT2D eigenvalue weighted by Crippen LogP contribution is -2.54. The van der Waals surface area contributed by atoms with Crippen molar-refractivity contribution in [3.05, 3.63) is 0 Å².